The summed E-state index contributed by atoms with van der Waals surface area (Å²) in [5, 5.41) is 1.85. The van der Waals surface area contributed by atoms with Gasteiger partial charge in [0.25, 0.3) is 10.0 Å². The fourth-order valence-corrected chi connectivity index (χ4v) is 7.41. The van der Waals surface area contributed by atoms with Crippen LogP contribution in [0.25, 0.3) is 10.9 Å². The fraction of sp³-hybridized carbons (Fsp3) is 0.176. The lowest BCUT2D eigenvalue weighted by molar-refractivity contribution is 0.589. The second kappa shape index (κ2) is 5.61. The van der Waals surface area contributed by atoms with Crippen molar-refractivity contribution in [3.8, 4) is 0 Å². The van der Waals surface area contributed by atoms with Gasteiger partial charge >= 0.3 is 0 Å². The molecule has 0 N–H and O–H groups in total. The molecule has 0 saturated carbocycles. The summed E-state index contributed by atoms with van der Waals surface area (Å²) in [4.78, 5) is 0.404. The highest BCUT2D eigenvalue weighted by atomic mass is 79.9. The zero-order valence-electron chi connectivity index (χ0n) is 13.2. The molecule has 0 aliphatic rings. The molecule has 1 aromatic heterocycles. The molecule has 0 fully saturated rings. The van der Waals surface area contributed by atoms with Crippen LogP contribution < -0.4 is 5.19 Å². The molecule has 0 aliphatic heterocycles. The first-order valence-electron chi connectivity index (χ1n) is 7.33. The van der Waals surface area contributed by atoms with Gasteiger partial charge in [0.1, 0.15) is 0 Å². The Morgan fingerprint density at radius 3 is 2.39 bits per heavy atom. The SMILES string of the molecule is C[Si](C)(C)c1cc(Br)ccc1S(=O)(=O)n1ccc2ccccc21. The van der Waals surface area contributed by atoms with Crippen molar-refractivity contribution in [2.75, 3.05) is 0 Å². The van der Waals surface area contributed by atoms with E-state index in [1.54, 1.807) is 18.3 Å². The first-order chi connectivity index (χ1) is 10.7. The smallest absolute Gasteiger partial charge is 0.241 e. The summed E-state index contributed by atoms with van der Waals surface area (Å²) < 4.78 is 28.8. The summed E-state index contributed by atoms with van der Waals surface area (Å²) in [6, 6.07) is 14.8. The summed E-state index contributed by atoms with van der Waals surface area (Å²) in [7, 11) is -5.44. The Kier molecular flexibility index (Phi) is 4.02. The lowest BCUT2D eigenvalue weighted by atomic mass is 10.3. The molecule has 0 aliphatic carbocycles. The van der Waals surface area contributed by atoms with Gasteiger partial charge in [0.05, 0.1) is 18.5 Å². The highest BCUT2D eigenvalue weighted by Crippen LogP contribution is 2.24. The van der Waals surface area contributed by atoms with Crippen LogP contribution in [-0.2, 0) is 10.0 Å². The molecule has 0 atom stereocenters. The van der Waals surface area contributed by atoms with Crippen LogP contribution in [0.1, 0.15) is 0 Å². The molecule has 0 saturated heterocycles. The lowest BCUT2D eigenvalue weighted by Crippen LogP contribution is -2.41. The van der Waals surface area contributed by atoms with E-state index in [1.807, 2.05) is 36.4 Å². The van der Waals surface area contributed by atoms with E-state index in [0.717, 1.165) is 15.0 Å². The van der Waals surface area contributed by atoms with E-state index in [1.165, 1.54) is 3.97 Å². The van der Waals surface area contributed by atoms with Crippen molar-refractivity contribution in [3.05, 3.63) is 59.2 Å². The van der Waals surface area contributed by atoms with Crippen molar-refractivity contribution in [2.45, 2.75) is 24.5 Å². The highest BCUT2D eigenvalue weighted by molar-refractivity contribution is 9.10. The van der Waals surface area contributed by atoms with E-state index >= 15 is 0 Å². The molecule has 3 aromatic rings. The van der Waals surface area contributed by atoms with Gasteiger partial charge in [-0.25, -0.2) is 12.4 Å². The minimum Gasteiger partial charge on any atom is -0.241 e. The van der Waals surface area contributed by atoms with Crippen LogP contribution in [0.15, 0.2) is 64.1 Å². The Balaban J connectivity index is 2.30. The Hall–Kier alpha value is -1.37. The van der Waals surface area contributed by atoms with Crippen LogP contribution in [0.2, 0.25) is 19.6 Å². The van der Waals surface area contributed by atoms with Crippen LogP contribution in [0, 0.1) is 0 Å². The number of benzene rings is 2. The zero-order valence-corrected chi connectivity index (χ0v) is 16.6. The molecular weight excluding hydrogens is 390 g/mol. The topological polar surface area (TPSA) is 39.1 Å². The summed E-state index contributed by atoms with van der Waals surface area (Å²) in [6.45, 7) is 6.46. The predicted octanol–water partition coefficient (Wildman–Crippen LogP) is 4.19. The predicted molar refractivity (Wildman–Crippen MR) is 102 cm³/mol. The maximum Gasteiger partial charge on any atom is 0.268 e. The number of hydrogen-bond donors (Lipinski definition) is 0. The first kappa shape index (κ1) is 16.5. The molecule has 0 spiro atoms. The third-order valence-corrected chi connectivity index (χ3v) is 8.30. The second-order valence-electron chi connectivity index (χ2n) is 6.57. The molecule has 0 amide bonds. The van der Waals surface area contributed by atoms with Gasteiger partial charge in [-0.2, -0.15) is 0 Å². The van der Waals surface area contributed by atoms with Crippen LogP contribution in [-0.4, -0.2) is 20.5 Å². The summed E-state index contributed by atoms with van der Waals surface area (Å²) in [6.07, 6.45) is 1.63. The minimum absolute atomic E-state index is 0.404. The molecule has 1 heterocycles. The Morgan fingerprint density at radius 1 is 1.00 bits per heavy atom. The highest BCUT2D eigenvalue weighted by Gasteiger charge is 2.28. The standard InChI is InChI=1S/C17H18BrNO2SSi/c1-23(2,3)17-12-14(18)8-9-16(17)22(20,21)19-11-10-13-6-4-5-7-15(13)19/h4-12H,1-3H3. The van der Waals surface area contributed by atoms with E-state index in [-0.39, 0.29) is 0 Å². The van der Waals surface area contributed by atoms with Gasteiger partial charge in [-0.15, -0.1) is 0 Å². The number of rotatable bonds is 3. The summed E-state index contributed by atoms with van der Waals surface area (Å²) in [5.74, 6) is 0. The van der Waals surface area contributed by atoms with Crippen molar-refractivity contribution < 1.29 is 8.42 Å². The quantitative estimate of drug-likeness (QED) is 0.610. The molecule has 2 aromatic carbocycles. The van der Waals surface area contributed by atoms with Gasteiger partial charge in [0.2, 0.25) is 0 Å². The van der Waals surface area contributed by atoms with Gasteiger partial charge < -0.3 is 0 Å². The number of halogens is 1. The summed E-state index contributed by atoms with van der Waals surface area (Å²) in [5.41, 5.74) is 0.706. The zero-order chi connectivity index (χ0) is 16.8. The largest absolute Gasteiger partial charge is 0.268 e. The average Bonchev–Trinajstić information content (AvgIpc) is 2.90. The van der Waals surface area contributed by atoms with Crippen molar-refractivity contribution in [3.63, 3.8) is 0 Å². The van der Waals surface area contributed by atoms with Gasteiger partial charge in [0, 0.05) is 16.1 Å². The number of nitrogens with zero attached hydrogens (tertiary/aromatic N) is 1. The third kappa shape index (κ3) is 2.91. The van der Waals surface area contributed by atoms with E-state index in [2.05, 4.69) is 35.6 Å². The minimum atomic E-state index is -3.62. The van der Waals surface area contributed by atoms with Crippen LogP contribution in [0.5, 0.6) is 0 Å². The number of aromatic nitrogens is 1. The second-order valence-corrected chi connectivity index (χ2v) is 14.3. The van der Waals surface area contributed by atoms with E-state index in [9.17, 15) is 8.42 Å². The van der Waals surface area contributed by atoms with Crippen LogP contribution >= 0.6 is 15.9 Å². The average molecular weight is 408 g/mol. The van der Waals surface area contributed by atoms with Gasteiger partial charge in [-0.05, 0) is 35.5 Å². The Bertz CT molecular complexity index is 987. The number of para-hydroxylation sites is 1. The van der Waals surface area contributed by atoms with Gasteiger partial charge in [0.15, 0.2) is 0 Å². The van der Waals surface area contributed by atoms with Crippen molar-refractivity contribution in [1.82, 2.24) is 3.97 Å². The fourth-order valence-electron chi connectivity index (χ4n) is 2.69. The maximum absolute atomic E-state index is 13.3. The molecule has 6 heteroatoms. The van der Waals surface area contributed by atoms with E-state index in [0.29, 0.717) is 10.4 Å². The summed E-state index contributed by atoms with van der Waals surface area (Å²) >= 11 is 3.46. The normalized spacial score (nSPS) is 12.7. The molecular formula is C17H18BrNO2SSi. The van der Waals surface area contributed by atoms with Crippen LogP contribution in [0.3, 0.4) is 0 Å². The van der Waals surface area contributed by atoms with Gasteiger partial charge in [-0.3, -0.25) is 0 Å². The molecule has 23 heavy (non-hydrogen) atoms. The number of hydrogen-bond acceptors (Lipinski definition) is 2. The molecule has 0 bridgehead atoms. The first-order valence-corrected chi connectivity index (χ1v) is 13.1. The Labute approximate surface area is 146 Å². The molecule has 120 valence electrons. The molecule has 0 radical (unpaired) electrons. The molecule has 0 unspecified atom stereocenters. The Morgan fingerprint density at radius 2 is 1.70 bits per heavy atom. The van der Waals surface area contributed by atoms with E-state index in [4.69, 9.17) is 0 Å². The molecule has 3 nitrogen and oxygen atoms in total. The van der Waals surface area contributed by atoms with Gasteiger partial charge in [-0.1, -0.05) is 53.8 Å². The monoisotopic (exact) mass is 407 g/mol. The molecule has 3 rings (SSSR count). The van der Waals surface area contributed by atoms with Crippen molar-refractivity contribution in [2.24, 2.45) is 0 Å². The third-order valence-electron chi connectivity index (χ3n) is 3.85. The van der Waals surface area contributed by atoms with Crippen LogP contribution in [0.4, 0.5) is 0 Å². The number of fused-ring (bicyclic) bond motifs is 1. The van der Waals surface area contributed by atoms with E-state index < -0.39 is 18.1 Å². The maximum atomic E-state index is 13.3. The lowest BCUT2D eigenvalue weighted by Gasteiger charge is -2.21. The van der Waals surface area contributed by atoms with Crippen molar-refractivity contribution in [1.29, 1.82) is 0 Å². The van der Waals surface area contributed by atoms with Crippen molar-refractivity contribution >= 4 is 50.1 Å².